The number of pyridine rings is 1. The zero-order valence-electron chi connectivity index (χ0n) is 16.5. The van der Waals surface area contributed by atoms with Gasteiger partial charge in [-0.2, -0.15) is 9.78 Å². The van der Waals surface area contributed by atoms with Gasteiger partial charge in [-0.05, 0) is 32.0 Å². The van der Waals surface area contributed by atoms with E-state index in [4.69, 9.17) is 4.74 Å². The first kappa shape index (κ1) is 19.6. The molecule has 0 saturated heterocycles. The minimum Gasteiger partial charge on any atom is -0.470 e. The summed E-state index contributed by atoms with van der Waals surface area (Å²) < 4.78 is 34.4. The quantitative estimate of drug-likeness (QED) is 0.480. The molecule has 0 aliphatic carbocycles. The summed E-state index contributed by atoms with van der Waals surface area (Å²) in [6.07, 6.45) is 0.273. The molecule has 0 radical (unpaired) electrons. The second-order valence-electron chi connectivity index (χ2n) is 6.60. The van der Waals surface area contributed by atoms with Crippen LogP contribution in [-0.4, -0.2) is 40.0 Å². The summed E-state index contributed by atoms with van der Waals surface area (Å²) in [4.78, 5) is 4.04. The molecule has 4 rings (SSSR count). The van der Waals surface area contributed by atoms with E-state index in [1.54, 1.807) is 29.9 Å². The summed E-state index contributed by atoms with van der Waals surface area (Å²) in [5.74, 6) is 0.695. The number of ether oxygens (including phenoxy) is 1. The van der Waals surface area contributed by atoms with Crippen molar-refractivity contribution >= 4 is 0 Å². The van der Waals surface area contributed by atoms with E-state index < -0.39 is 6.43 Å². The van der Waals surface area contributed by atoms with Crippen LogP contribution in [-0.2, 0) is 13.7 Å². The molecule has 0 fully saturated rings. The van der Waals surface area contributed by atoms with Crippen molar-refractivity contribution in [3.8, 4) is 23.0 Å². The molecular formula is C19H18F2N8O. The number of alkyl halides is 2. The molecule has 4 heterocycles. The third kappa shape index (κ3) is 3.73. The van der Waals surface area contributed by atoms with Gasteiger partial charge >= 0.3 is 0 Å². The molecule has 0 bridgehead atoms. The van der Waals surface area contributed by atoms with Crippen LogP contribution < -0.4 is 4.74 Å². The standard InChI is InChI=1S/C19H18F2N8O/c1-11-16(29(27-24-11)17-6-4-13(8-22-17)19(20)21)10-30-18-7-5-15(25-26-18)14-9-23-28(3)12(14)2/h4-9,19H,10H2,1-3H3. The van der Waals surface area contributed by atoms with Crippen LogP contribution in [0.15, 0.2) is 36.7 Å². The molecule has 0 N–H and O–H groups in total. The molecule has 0 atom stereocenters. The van der Waals surface area contributed by atoms with E-state index in [1.165, 1.54) is 16.8 Å². The largest absolute Gasteiger partial charge is 0.470 e. The zero-order valence-corrected chi connectivity index (χ0v) is 16.5. The predicted octanol–water partition coefficient (Wildman–Crippen LogP) is 2.99. The van der Waals surface area contributed by atoms with Crippen LogP contribution in [0, 0.1) is 13.8 Å². The smallest absolute Gasteiger partial charge is 0.265 e. The first-order valence-corrected chi connectivity index (χ1v) is 9.05. The lowest BCUT2D eigenvalue weighted by molar-refractivity contribution is 0.151. The molecule has 4 aromatic heterocycles. The van der Waals surface area contributed by atoms with Gasteiger partial charge in [-0.3, -0.25) is 4.68 Å². The van der Waals surface area contributed by atoms with Crippen molar-refractivity contribution in [2.45, 2.75) is 26.9 Å². The fourth-order valence-electron chi connectivity index (χ4n) is 2.81. The van der Waals surface area contributed by atoms with Crippen LogP contribution in [0.3, 0.4) is 0 Å². The number of hydrogen-bond acceptors (Lipinski definition) is 7. The van der Waals surface area contributed by atoms with Crippen LogP contribution in [0.1, 0.15) is 29.1 Å². The molecule has 30 heavy (non-hydrogen) atoms. The Bertz CT molecular complexity index is 1150. The summed E-state index contributed by atoms with van der Waals surface area (Å²) >= 11 is 0. The Morgan fingerprint density at radius 2 is 1.87 bits per heavy atom. The normalized spacial score (nSPS) is 11.3. The molecular weight excluding hydrogens is 394 g/mol. The molecule has 0 aromatic carbocycles. The molecule has 9 nitrogen and oxygen atoms in total. The van der Waals surface area contributed by atoms with E-state index in [0.717, 1.165) is 17.5 Å². The second-order valence-corrected chi connectivity index (χ2v) is 6.60. The van der Waals surface area contributed by atoms with Crippen molar-refractivity contribution in [1.82, 2.24) is 40.0 Å². The van der Waals surface area contributed by atoms with Crippen molar-refractivity contribution < 1.29 is 13.5 Å². The third-order valence-electron chi connectivity index (χ3n) is 4.71. The molecule has 0 spiro atoms. The molecule has 0 unspecified atom stereocenters. The highest BCUT2D eigenvalue weighted by molar-refractivity contribution is 5.60. The lowest BCUT2D eigenvalue weighted by Crippen LogP contribution is -2.09. The highest BCUT2D eigenvalue weighted by atomic mass is 19.3. The highest BCUT2D eigenvalue weighted by Crippen LogP contribution is 2.22. The SMILES string of the molecule is Cc1nnn(-c2ccc(C(F)F)cn2)c1COc1ccc(-c2cnn(C)c2C)nn1. The van der Waals surface area contributed by atoms with Gasteiger partial charge in [0.15, 0.2) is 5.82 Å². The molecule has 4 aromatic rings. The Kier molecular flexibility index (Phi) is 5.17. The molecule has 0 amide bonds. The number of aryl methyl sites for hydroxylation is 2. The number of hydrogen-bond donors (Lipinski definition) is 0. The fraction of sp³-hybridized carbons (Fsp3) is 0.263. The van der Waals surface area contributed by atoms with Crippen molar-refractivity contribution in [2.75, 3.05) is 0 Å². The summed E-state index contributed by atoms with van der Waals surface area (Å²) in [5.41, 5.74) is 3.67. The molecule has 154 valence electrons. The van der Waals surface area contributed by atoms with Gasteiger partial charge in [-0.15, -0.1) is 15.3 Å². The first-order chi connectivity index (χ1) is 14.4. The lowest BCUT2D eigenvalue weighted by Gasteiger charge is -2.09. The van der Waals surface area contributed by atoms with Gasteiger partial charge in [0.2, 0.25) is 5.88 Å². The Labute approximate surface area is 170 Å². The summed E-state index contributed by atoms with van der Waals surface area (Å²) in [6.45, 7) is 3.83. The van der Waals surface area contributed by atoms with Crippen molar-refractivity contribution in [2.24, 2.45) is 7.05 Å². The Morgan fingerprint density at radius 3 is 2.47 bits per heavy atom. The maximum Gasteiger partial charge on any atom is 0.265 e. The van der Waals surface area contributed by atoms with Crippen LogP contribution in [0.2, 0.25) is 0 Å². The van der Waals surface area contributed by atoms with Gasteiger partial charge in [0, 0.05) is 36.1 Å². The van der Waals surface area contributed by atoms with Crippen LogP contribution in [0.5, 0.6) is 5.88 Å². The number of halogens is 2. The lowest BCUT2D eigenvalue weighted by atomic mass is 10.2. The van der Waals surface area contributed by atoms with E-state index >= 15 is 0 Å². The fourth-order valence-corrected chi connectivity index (χ4v) is 2.81. The summed E-state index contributed by atoms with van der Waals surface area (Å²) in [7, 11) is 1.86. The topological polar surface area (TPSA) is 96.4 Å². The van der Waals surface area contributed by atoms with E-state index in [-0.39, 0.29) is 12.2 Å². The Hall–Kier alpha value is -3.76. The van der Waals surface area contributed by atoms with Crippen LogP contribution in [0.25, 0.3) is 17.1 Å². The van der Waals surface area contributed by atoms with E-state index in [1.807, 2.05) is 14.0 Å². The van der Waals surface area contributed by atoms with Gasteiger partial charge < -0.3 is 4.74 Å². The van der Waals surface area contributed by atoms with Crippen molar-refractivity contribution in [3.63, 3.8) is 0 Å². The van der Waals surface area contributed by atoms with E-state index in [2.05, 4.69) is 30.6 Å². The predicted molar refractivity (Wildman–Crippen MR) is 102 cm³/mol. The van der Waals surface area contributed by atoms with E-state index in [9.17, 15) is 8.78 Å². The van der Waals surface area contributed by atoms with Gasteiger partial charge in [-0.25, -0.2) is 13.8 Å². The highest BCUT2D eigenvalue weighted by Gasteiger charge is 2.15. The summed E-state index contributed by atoms with van der Waals surface area (Å²) in [5, 5.41) is 20.6. The van der Waals surface area contributed by atoms with Gasteiger partial charge in [0.25, 0.3) is 6.43 Å². The van der Waals surface area contributed by atoms with Crippen molar-refractivity contribution in [1.29, 1.82) is 0 Å². The number of nitrogens with zero attached hydrogens (tertiary/aromatic N) is 8. The second kappa shape index (κ2) is 7.93. The number of aromatic nitrogens is 8. The maximum absolute atomic E-state index is 12.7. The molecule has 11 heteroatoms. The summed E-state index contributed by atoms with van der Waals surface area (Å²) in [6, 6.07) is 6.29. The molecule has 0 aliphatic heterocycles. The average Bonchev–Trinajstić information content (AvgIpc) is 3.29. The first-order valence-electron chi connectivity index (χ1n) is 9.05. The monoisotopic (exact) mass is 412 g/mol. The molecule has 0 saturated carbocycles. The average molecular weight is 412 g/mol. The van der Waals surface area contributed by atoms with Gasteiger partial charge in [-0.1, -0.05) is 5.21 Å². The third-order valence-corrected chi connectivity index (χ3v) is 4.71. The molecule has 0 aliphatic rings. The Balaban J connectivity index is 1.50. The van der Waals surface area contributed by atoms with Gasteiger partial charge in [0.1, 0.15) is 12.3 Å². The Morgan fingerprint density at radius 1 is 1.03 bits per heavy atom. The zero-order chi connectivity index (χ0) is 21.3. The number of rotatable bonds is 6. The van der Waals surface area contributed by atoms with Crippen molar-refractivity contribution in [3.05, 3.63) is 59.3 Å². The van der Waals surface area contributed by atoms with Crippen LogP contribution >= 0.6 is 0 Å². The van der Waals surface area contributed by atoms with Gasteiger partial charge in [0.05, 0.1) is 17.6 Å². The minimum absolute atomic E-state index is 0.108. The minimum atomic E-state index is -2.58. The van der Waals surface area contributed by atoms with E-state index in [0.29, 0.717) is 28.8 Å². The maximum atomic E-state index is 12.7. The van der Waals surface area contributed by atoms with Crippen LogP contribution in [0.4, 0.5) is 8.78 Å².